The molecule has 0 radical (unpaired) electrons. The van der Waals surface area contributed by atoms with Gasteiger partial charge in [-0.1, -0.05) is 26.2 Å². The first-order valence-corrected chi connectivity index (χ1v) is 13.3. The summed E-state index contributed by atoms with van der Waals surface area (Å²) in [7, 11) is -4.18. The molecule has 0 bridgehead atoms. The number of hydrogen-bond donors (Lipinski definition) is 2. The second-order valence-electron chi connectivity index (χ2n) is 5.10. The topological polar surface area (TPSA) is 38.2 Å². The van der Waals surface area contributed by atoms with Gasteiger partial charge in [-0.05, 0) is 29.9 Å². The molecule has 72 valence electrons. The van der Waals surface area contributed by atoms with E-state index in [1.54, 1.807) is 0 Å². The molecule has 0 unspecified atom stereocenters. The molecule has 13 heavy (non-hydrogen) atoms. The molecule has 1 fully saturated rings. The molecule has 0 aromatic heterocycles. The van der Waals surface area contributed by atoms with Crippen LogP contribution in [0.15, 0.2) is 0 Å². The Morgan fingerprint density at radius 1 is 0.769 bits per heavy atom. The monoisotopic (exact) mass is 225 g/mol. The molecule has 0 aromatic carbocycles. The summed E-state index contributed by atoms with van der Waals surface area (Å²) < 4.78 is 12.4. The van der Waals surface area contributed by atoms with Crippen LogP contribution in [0, 0.1) is 0 Å². The molecule has 0 aromatic rings. The fraction of sp³-hybridized carbons (Fsp3) is 1.00. The van der Waals surface area contributed by atoms with E-state index in [1.807, 2.05) is 0 Å². The van der Waals surface area contributed by atoms with Crippen molar-refractivity contribution in [2.45, 2.75) is 39.3 Å². The molecule has 1 heterocycles. The molecule has 0 aliphatic carbocycles. The van der Waals surface area contributed by atoms with Crippen LogP contribution in [0.5, 0.6) is 0 Å². The Hall–Kier alpha value is 1.13. The molecular weight excluding hydrogens is 205 g/mol. The molecular formula is C6H20LiN3Si3. The zero-order valence-electron chi connectivity index (χ0n) is 9.95. The molecule has 1 saturated heterocycles. The van der Waals surface area contributed by atoms with Crippen molar-refractivity contribution in [3.05, 3.63) is 4.65 Å². The summed E-state index contributed by atoms with van der Waals surface area (Å²) in [6.07, 6.45) is 0. The Morgan fingerprint density at radius 2 is 1.08 bits per heavy atom. The maximum Gasteiger partial charge on any atom is 1.00 e. The van der Waals surface area contributed by atoms with Gasteiger partial charge in [0.15, 0.2) is 8.40 Å². The van der Waals surface area contributed by atoms with Crippen LogP contribution < -0.4 is 28.2 Å². The molecule has 0 amide bonds. The van der Waals surface area contributed by atoms with Gasteiger partial charge in [0.05, 0.1) is 0 Å². The van der Waals surface area contributed by atoms with Crippen LogP contribution >= 0.6 is 0 Å². The Morgan fingerprint density at radius 3 is 1.31 bits per heavy atom. The minimum absolute atomic E-state index is 0. The third-order valence-electron chi connectivity index (χ3n) is 1.80. The summed E-state index contributed by atoms with van der Waals surface area (Å²) in [6, 6.07) is 0. The molecule has 1 rings (SSSR count). The van der Waals surface area contributed by atoms with Crippen LogP contribution in [0.25, 0.3) is 4.65 Å². The van der Waals surface area contributed by atoms with E-state index in [-0.39, 0.29) is 18.9 Å². The quantitative estimate of drug-likeness (QED) is 0.501. The Balaban J connectivity index is 0.00000144. The van der Waals surface area contributed by atoms with E-state index in [9.17, 15) is 0 Å². The zero-order valence-corrected chi connectivity index (χ0v) is 12.9. The Bertz CT molecular complexity index is 150. The normalized spacial score (nSPS) is 29.1. The Kier molecular flexibility index (Phi) is 4.29. The summed E-state index contributed by atoms with van der Waals surface area (Å²) in [4.78, 5) is 0. The standard InChI is InChI=1S/C6H20N3Si3.Li/c1-10(2)7-11(3,4)9-12(5,6)8-10;/h7-8H,1-6H3;/q-1;+1. The van der Waals surface area contributed by atoms with Gasteiger partial charge in [0, 0.05) is 0 Å². The molecule has 1 aliphatic heterocycles. The fourth-order valence-electron chi connectivity index (χ4n) is 2.32. The first kappa shape index (κ1) is 14.1. The minimum atomic E-state index is -1.43. The van der Waals surface area contributed by atoms with Crippen LogP contribution in [0.4, 0.5) is 0 Å². The molecule has 2 N–H and O–H groups in total. The van der Waals surface area contributed by atoms with Gasteiger partial charge in [-0.15, -0.1) is 0 Å². The maximum atomic E-state index is 4.93. The van der Waals surface area contributed by atoms with Crippen molar-refractivity contribution >= 4 is 25.2 Å². The SMILES string of the molecule is C[Si]1(C)[N-][Si](C)(C)N[Si](C)(C)N1.[Li+]. The predicted molar refractivity (Wildman–Crippen MR) is 62.1 cm³/mol. The van der Waals surface area contributed by atoms with Crippen LogP contribution in [0.3, 0.4) is 0 Å². The summed E-state index contributed by atoms with van der Waals surface area (Å²) in [5.41, 5.74) is 0. The smallest absolute Gasteiger partial charge is 0.644 e. The molecule has 0 saturated carbocycles. The van der Waals surface area contributed by atoms with Crippen molar-refractivity contribution < 1.29 is 18.9 Å². The van der Waals surface area contributed by atoms with Crippen molar-refractivity contribution in [2.75, 3.05) is 0 Å². The average Bonchev–Trinajstić information content (AvgIpc) is 1.44. The Labute approximate surface area is 97.1 Å². The van der Waals surface area contributed by atoms with E-state index in [0.29, 0.717) is 0 Å². The second-order valence-corrected chi connectivity index (χ2v) is 17.5. The van der Waals surface area contributed by atoms with Crippen molar-refractivity contribution in [1.82, 2.24) is 9.30 Å². The maximum absolute atomic E-state index is 4.93. The predicted octanol–water partition coefficient (Wildman–Crippen LogP) is -1.34. The summed E-state index contributed by atoms with van der Waals surface area (Å²) >= 11 is 0. The molecule has 1 aliphatic rings. The van der Waals surface area contributed by atoms with Crippen molar-refractivity contribution in [3.63, 3.8) is 0 Å². The first-order chi connectivity index (χ1) is 5.12. The molecule has 0 atom stereocenters. The fourth-order valence-corrected chi connectivity index (χ4v) is 22.4. The van der Waals surface area contributed by atoms with Crippen LogP contribution in [-0.2, 0) is 0 Å². The summed E-state index contributed by atoms with van der Waals surface area (Å²) in [6.45, 7) is 13.9. The average molecular weight is 225 g/mol. The second kappa shape index (κ2) is 3.94. The van der Waals surface area contributed by atoms with Gasteiger partial charge < -0.3 is 13.9 Å². The van der Waals surface area contributed by atoms with Crippen LogP contribution in [0.1, 0.15) is 0 Å². The van der Waals surface area contributed by atoms with Crippen molar-refractivity contribution in [3.8, 4) is 0 Å². The van der Waals surface area contributed by atoms with Gasteiger partial charge in [0.25, 0.3) is 0 Å². The van der Waals surface area contributed by atoms with Gasteiger partial charge in [-0.25, -0.2) is 0 Å². The largest absolute Gasteiger partial charge is 1.00 e. The number of nitrogens with zero attached hydrogens (tertiary/aromatic N) is 1. The van der Waals surface area contributed by atoms with Gasteiger partial charge >= 0.3 is 18.9 Å². The van der Waals surface area contributed by atoms with E-state index in [2.05, 4.69) is 48.6 Å². The zero-order chi connectivity index (χ0) is 9.62. The molecule has 3 nitrogen and oxygen atoms in total. The van der Waals surface area contributed by atoms with E-state index in [0.717, 1.165) is 0 Å². The van der Waals surface area contributed by atoms with Crippen molar-refractivity contribution in [1.29, 1.82) is 0 Å². The van der Waals surface area contributed by atoms with Gasteiger partial charge in [0.2, 0.25) is 0 Å². The summed E-state index contributed by atoms with van der Waals surface area (Å²) in [5, 5.41) is 0. The van der Waals surface area contributed by atoms with E-state index >= 15 is 0 Å². The van der Waals surface area contributed by atoms with Gasteiger partial charge in [0.1, 0.15) is 0 Å². The van der Waals surface area contributed by atoms with Crippen LogP contribution in [-0.4, -0.2) is 25.2 Å². The minimum Gasteiger partial charge on any atom is -0.644 e. The molecule has 0 spiro atoms. The first-order valence-electron chi connectivity index (χ1n) is 4.45. The molecule has 7 heteroatoms. The van der Waals surface area contributed by atoms with E-state index < -0.39 is 25.2 Å². The van der Waals surface area contributed by atoms with Crippen LogP contribution in [0.2, 0.25) is 39.3 Å². The van der Waals surface area contributed by atoms with Gasteiger partial charge in [-0.2, -0.15) is 0 Å². The van der Waals surface area contributed by atoms with E-state index in [1.165, 1.54) is 0 Å². The summed E-state index contributed by atoms with van der Waals surface area (Å²) in [5.74, 6) is 0. The number of hydrogen-bond acceptors (Lipinski definition) is 2. The number of nitrogens with one attached hydrogen (secondary N) is 2. The van der Waals surface area contributed by atoms with E-state index in [4.69, 9.17) is 4.65 Å². The third-order valence-corrected chi connectivity index (χ3v) is 16.2. The van der Waals surface area contributed by atoms with Crippen molar-refractivity contribution in [2.24, 2.45) is 0 Å². The third kappa shape index (κ3) is 4.44. The number of rotatable bonds is 0. The van der Waals surface area contributed by atoms with Gasteiger partial charge in [-0.3, -0.25) is 0 Å².